The molecule has 1 fully saturated rings. The third kappa shape index (κ3) is 8.92. The van der Waals surface area contributed by atoms with Gasteiger partial charge in [0.2, 0.25) is 0 Å². The molecule has 14 heteroatoms. The summed E-state index contributed by atoms with van der Waals surface area (Å²) in [6.45, 7) is 4.72. The highest BCUT2D eigenvalue weighted by Gasteiger charge is 2.54. The van der Waals surface area contributed by atoms with E-state index in [1.807, 2.05) is 19.9 Å². The van der Waals surface area contributed by atoms with Crippen molar-refractivity contribution in [2.24, 2.45) is 5.92 Å². The monoisotopic (exact) mass is 596 g/mol. The van der Waals surface area contributed by atoms with Crippen molar-refractivity contribution >= 4 is 19.5 Å². The molecule has 228 valence electrons. The van der Waals surface area contributed by atoms with Crippen molar-refractivity contribution in [1.29, 1.82) is 0 Å². The number of esters is 1. The zero-order chi connectivity index (χ0) is 30.0. The van der Waals surface area contributed by atoms with Gasteiger partial charge in [0, 0.05) is 12.7 Å². The fourth-order valence-electron chi connectivity index (χ4n) is 4.55. The molecular formula is C27H41N4O9P. The van der Waals surface area contributed by atoms with Crippen LogP contribution in [0.4, 0.5) is 5.82 Å². The molecule has 1 aromatic heterocycles. The molecule has 1 unspecified atom stereocenters. The maximum atomic E-state index is 13.7. The molecule has 2 heterocycles. The Kier molecular flexibility index (Phi) is 12.0. The van der Waals surface area contributed by atoms with E-state index in [4.69, 9.17) is 24.3 Å². The van der Waals surface area contributed by atoms with Gasteiger partial charge in [-0.05, 0) is 31.4 Å². The van der Waals surface area contributed by atoms with Crippen molar-refractivity contribution in [3.05, 3.63) is 58.6 Å². The molecule has 0 amide bonds. The molecule has 5 N–H and O–H groups in total. The summed E-state index contributed by atoms with van der Waals surface area (Å²) in [7, 11) is -4.03. The Morgan fingerprint density at radius 2 is 1.90 bits per heavy atom. The summed E-state index contributed by atoms with van der Waals surface area (Å²) in [5.74, 6) is -0.503. The second-order valence-corrected chi connectivity index (χ2v) is 12.0. The molecule has 0 spiro atoms. The fourth-order valence-corrected chi connectivity index (χ4v) is 5.83. The van der Waals surface area contributed by atoms with Crippen LogP contribution in [0.3, 0.4) is 0 Å². The van der Waals surface area contributed by atoms with Crippen molar-refractivity contribution < 1.29 is 38.1 Å². The fraction of sp³-hybridized carbons (Fsp3) is 0.593. The lowest BCUT2D eigenvalue weighted by Crippen LogP contribution is -2.46. The summed E-state index contributed by atoms with van der Waals surface area (Å²) >= 11 is 0. The molecule has 1 saturated heterocycles. The van der Waals surface area contributed by atoms with Gasteiger partial charge < -0.3 is 25.4 Å². The van der Waals surface area contributed by atoms with Crippen LogP contribution in [0.15, 0.2) is 47.4 Å². The molecule has 0 radical (unpaired) electrons. The number of aliphatic hydroxyl groups is 2. The third-order valence-corrected chi connectivity index (χ3v) is 8.34. The number of benzene rings is 1. The van der Waals surface area contributed by atoms with E-state index < -0.39 is 44.1 Å². The molecule has 0 bridgehead atoms. The average molecular weight is 597 g/mol. The minimum absolute atomic E-state index is 0.0103. The molecule has 1 aromatic carbocycles. The normalized spacial score (nSPS) is 23.9. The lowest BCUT2D eigenvalue weighted by Gasteiger charge is -2.27. The van der Waals surface area contributed by atoms with E-state index in [2.05, 4.69) is 10.1 Å². The summed E-state index contributed by atoms with van der Waals surface area (Å²) in [6.07, 6.45) is 0.460. The number of aromatic nitrogens is 2. The molecular weight excluding hydrogens is 555 g/mol. The number of carbonyl (C=O) groups excluding carboxylic acids is 1. The lowest BCUT2D eigenvalue weighted by atomic mass is 9.96. The smallest absolute Gasteiger partial charge is 0.406 e. The Morgan fingerprint density at radius 1 is 1.22 bits per heavy atom. The second kappa shape index (κ2) is 15.0. The molecule has 1 aliphatic rings. The number of anilines is 1. The zero-order valence-corrected chi connectivity index (χ0v) is 24.6. The minimum Gasteiger partial charge on any atom is -0.464 e. The van der Waals surface area contributed by atoms with Crippen LogP contribution in [-0.4, -0.2) is 63.3 Å². The van der Waals surface area contributed by atoms with Crippen LogP contribution in [0.25, 0.3) is 0 Å². The maximum absolute atomic E-state index is 13.7. The average Bonchev–Trinajstić information content (AvgIpc) is 3.17. The van der Waals surface area contributed by atoms with E-state index >= 15 is 0 Å². The van der Waals surface area contributed by atoms with Gasteiger partial charge >= 0.3 is 19.4 Å². The van der Waals surface area contributed by atoms with Gasteiger partial charge in [0.15, 0.2) is 6.23 Å². The van der Waals surface area contributed by atoms with Gasteiger partial charge in [-0.15, -0.1) is 0 Å². The minimum atomic E-state index is -4.03. The third-order valence-electron chi connectivity index (χ3n) is 6.77. The summed E-state index contributed by atoms with van der Waals surface area (Å²) in [5, 5.41) is 24.4. The van der Waals surface area contributed by atoms with E-state index in [1.54, 1.807) is 24.3 Å². The number of nitrogens with one attached hydrogen (secondary N) is 1. The first-order valence-corrected chi connectivity index (χ1v) is 15.3. The number of nitrogens with two attached hydrogens (primary N) is 1. The Balaban J connectivity index is 1.66. The van der Waals surface area contributed by atoms with E-state index in [0.29, 0.717) is 0 Å². The molecule has 1 aliphatic heterocycles. The highest BCUT2D eigenvalue weighted by atomic mass is 31.2. The highest BCUT2D eigenvalue weighted by Crippen LogP contribution is 2.46. The van der Waals surface area contributed by atoms with Crippen LogP contribution >= 0.6 is 7.75 Å². The first-order valence-electron chi connectivity index (χ1n) is 13.8. The molecule has 3 rings (SSSR count). The summed E-state index contributed by atoms with van der Waals surface area (Å²) < 4.78 is 37.1. The van der Waals surface area contributed by atoms with Crippen LogP contribution in [0.2, 0.25) is 0 Å². The van der Waals surface area contributed by atoms with Crippen LogP contribution < -0.4 is 16.5 Å². The molecule has 2 aromatic rings. The van der Waals surface area contributed by atoms with Gasteiger partial charge in [-0.2, -0.15) is 4.98 Å². The van der Waals surface area contributed by atoms with Crippen LogP contribution in [0.1, 0.15) is 58.2 Å². The summed E-state index contributed by atoms with van der Waals surface area (Å²) in [4.78, 5) is 28.4. The van der Waals surface area contributed by atoms with Crippen LogP contribution in [-0.2, 0) is 34.5 Å². The number of nitrogen functional groups attached to an aromatic ring is 1. The predicted molar refractivity (Wildman–Crippen MR) is 151 cm³/mol. The van der Waals surface area contributed by atoms with Crippen molar-refractivity contribution in [1.82, 2.24) is 14.6 Å². The van der Waals surface area contributed by atoms with E-state index in [9.17, 15) is 24.4 Å². The van der Waals surface area contributed by atoms with Gasteiger partial charge in [-0.25, -0.2) is 14.4 Å². The Labute approximate surface area is 239 Å². The standard InChI is InChI=1S/C27H41N4O9P/c1-4-9-20(10-5-2)24(33)37-16-14-29-41(36,38-17-19-11-7-6-8-12-19)39-18-21-23(32)27(3,35)25(40-21)31-15-13-22(28)30-26(31)34/h6-8,11-13,15,20-21,23,25,32,35H,4-5,9-10,14,16-18H2,1-3H3,(H,29,36)(H2,28,30,34)/t21-,23-,25-,27-,41?/m1/s1. The first kappa shape index (κ1) is 32.9. The zero-order valence-electron chi connectivity index (χ0n) is 23.7. The SMILES string of the molecule is CCCC(CCC)C(=O)OCCNP(=O)(OCc1ccccc1)OC[C@H]1O[C@@H](n2ccc(N)nc2=O)[C@](C)(O)[C@@H]1O. The molecule has 0 aliphatic carbocycles. The highest BCUT2D eigenvalue weighted by molar-refractivity contribution is 7.51. The van der Waals surface area contributed by atoms with E-state index in [-0.39, 0.29) is 37.5 Å². The van der Waals surface area contributed by atoms with Crippen LogP contribution in [0.5, 0.6) is 0 Å². The molecule has 13 nitrogen and oxygen atoms in total. The van der Waals surface area contributed by atoms with Crippen molar-refractivity contribution in [3.8, 4) is 0 Å². The van der Waals surface area contributed by atoms with Crippen molar-refractivity contribution in [2.45, 2.75) is 77.1 Å². The Hall–Kier alpha value is -2.64. The number of aliphatic hydroxyl groups excluding tert-OH is 1. The molecule has 41 heavy (non-hydrogen) atoms. The Bertz CT molecular complexity index is 1220. The van der Waals surface area contributed by atoms with Gasteiger partial charge in [0.05, 0.1) is 19.1 Å². The predicted octanol–water partition coefficient (Wildman–Crippen LogP) is 2.53. The topological polar surface area (TPSA) is 184 Å². The quantitative estimate of drug-likeness (QED) is 0.126. The number of rotatable bonds is 16. The summed E-state index contributed by atoms with van der Waals surface area (Å²) in [5.41, 5.74) is 3.59. The van der Waals surface area contributed by atoms with Gasteiger partial charge in [-0.3, -0.25) is 18.4 Å². The van der Waals surface area contributed by atoms with Gasteiger partial charge in [0.1, 0.15) is 30.2 Å². The molecule has 5 atom stereocenters. The summed E-state index contributed by atoms with van der Waals surface area (Å²) in [6, 6.07) is 10.4. The maximum Gasteiger partial charge on any atom is 0.406 e. The number of nitrogens with zero attached hydrogens (tertiary/aromatic N) is 2. The number of ether oxygens (including phenoxy) is 2. The molecule has 0 saturated carbocycles. The van der Waals surface area contributed by atoms with Gasteiger partial charge in [0.25, 0.3) is 0 Å². The number of carbonyl (C=O) groups is 1. The van der Waals surface area contributed by atoms with Gasteiger partial charge in [-0.1, -0.05) is 57.0 Å². The van der Waals surface area contributed by atoms with Crippen molar-refractivity contribution in [2.75, 3.05) is 25.5 Å². The van der Waals surface area contributed by atoms with E-state index in [0.717, 1.165) is 35.8 Å². The van der Waals surface area contributed by atoms with Crippen molar-refractivity contribution in [3.63, 3.8) is 0 Å². The lowest BCUT2D eigenvalue weighted by molar-refractivity contribution is -0.148. The largest absolute Gasteiger partial charge is 0.464 e. The Morgan fingerprint density at radius 3 is 2.54 bits per heavy atom. The van der Waals surface area contributed by atoms with E-state index in [1.165, 1.54) is 19.2 Å². The second-order valence-electron chi connectivity index (χ2n) is 10.1. The van der Waals surface area contributed by atoms with Crippen LogP contribution in [0, 0.1) is 5.92 Å². The number of hydrogen-bond acceptors (Lipinski definition) is 11. The number of hydrogen-bond donors (Lipinski definition) is 4. The first-order chi connectivity index (χ1) is 19.5.